The van der Waals surface area contributed by atoms with Gasteiger partial charge < -0.3 is 9.64 Å². The van der Waals surface area contributed by atoms with Crippen molar-refractivity contribution in [1.29, 1.82) is 5.26 Å². The highest BCUT2D eigenvalue weighted by atomic mass is 16.5. The highest BCUT2D eigenvalue weighted by Gasteiger charge is 2.17. The maximum absolute atomic E-state index is 11.9. The second kappa shape index (κ2) is 9.11. The van der Waals surface area contributed by atoms with Crippen LogP contribution in [0.15, 0.2) is 30.3 Å². The molecule has 4 heteroatoms. The zero-order valence-corrected chi connectivity index (χ0v) is 12.2. The standard InChI is InChI=1S/C16H22N2O2/c1-3-18(11-7-10-17)12-14(2)16(19)20-13-15-8-5-4-6-9-15/h4-6,8-9,14H,3,7,11-13H2,1-2H3. The van der Waals surface area contributed by atoms with Gasteiger partial charge in [-0.25, -0.2) is 0 Å². The van der Waals surface area contributed by atoms with E-state index in [2.05, 4.69) is 11.0 Å². The Balaban J connectivity index is 2.36. The van der Waals surface area contributed by atoms with Crippen molar-refractivity contribution in [3.8, 4) is 6.07 Å². The summed E-state index contributed by atoms with van der Waals surface area (Å²) in [7, 11) is 0. The van der Waals surface area contributed by atoms with Gasteiger partial charge in [0.2, 0.25) is 0 Å². The zero-order chi connectivity index (χ0) is 14.8. The van der Waals surface area contributed by atoms with Gasteiger partial charge in [0.15, 0.2) is 0 Å². The van der Waals surface area contributed by atoms with E-state index >= 15 is 0 Å². The van der Waals surface area contributed by atoms with Crippen molar-refractivity contribution in [2.24, 2.45) is 5.92 Å². The van der Waals surface area contributed by atoms with Crippen molar-refractivity contribution in [2.45, 2.75) is 26.9 Å². The summed E-state index contributed by atoms with van der Waals surface area (Å²) in [5, 5.41) is 8.60. The first-order valence-electron chi connectivity index (χ1n) is 6.97. The van der Waals surface area contributed by atoms with Crippen LogP contribution in [0.2, 0.25) is 0 Å². The quantitative estimate of drug-likeness (QED) is 0.684. The van der Waals surface area contributed by atoms with E-state index in [4.69, 9.17) is 10.00 Å². The lowest BCUT2D eigenvalue weighted by Gasteiger charge is -2.22. The molecule has 0 saturated carbocycles. The van der Waals surface area contributed by atoms with Gasteiger partial charge >= 0.3 is 5.97 Å². The molecule has 4 nitrogen and oxygen atoms in total. The van der Waals surface area contributed by atoms with Crippen molar-refractivity contribution in [1.82, 2.24) is 4.90 Å². The van der Waals surface area contributed by atoms with E-state index in [9.17, 15) is 4.79 Å². The maximum Gasteiger partial charge on any atom is 0.310 e. The number of nitrogens with zero attached hydrogens (tertiary/aromatic N) is 2. The predicted octanol–water partition coefficient (Wildman–Crippen LogP) is 2.60. The summed E-state index contributed by atoms with van der Waals surface area (Å²) >= 11 is 0. The Labute approximate surface area is 121 Å². The molecular formula is C16H22N2O2. The fraction of sp³-hybridized carbons (Fsp3) is 0.500. The number of benzene rings is 1. The van der Waals surface area contributed by atoms with E-state index in [0.717, 1.165) is 12.1 Å². The van der Waals surface area contributed by atoms with Crippen LogP contribution in [0.4, 0.5) is 0 Å². The van der Waals surface area contributed by atoms with Crippen LogP contribution >= 0.6 is 0 Å². The van der Waals surface area contributed by atoms with Crippen molar-refractivity contribution in [2.75, 3.05) is 19.6 Å². The number of carbonyl (C=O) groups is 1. The molecule has 0 radical (unpaired) electrons. The monoisotopic (exact) mass is 274 g/mol. The molecule has 0 spiro atoms. The Morgan fingerprint density at radius 3 is 2.70 bits per heavy atom. The Morgan fingerprint density at radius 2 is 2.10 bits per heavy atom. The third kappa shape index (κ3) is 5.85. The first-order chi connectivity index (χ1) is 9.67. The number of esters is 1. The zero-order valence-electron chi connectivity index (χ0n) is 12.2. The molecule has 0 fully saturated rings. The van der Waals surface area contributed by atoms with Crippen molar-refractivity contribution < 1.29 is 9.53 Å². The van der Waals surface area contributed by atoms with Gasteiger partial charge in [-0.15, -0.1) is 0 Å². The van der Waals surface area contributed by atoms with Crippen molar-refractivity contribution in [3.63, 3.8) is 0 Å². The molecule has 1 rings (SSSR count). The Hall–Kier alpha value is -1.86. The largest absolute Gasteiger partial charge is 0.461 e. The lowest BCUT2D eigenvalue weighted by Crippen LogP contribution is -2.33. The number of hydrogen-bond donors (Lipinski definition) is 0. The Bertz CT molecular complexity index is 440. The molecule has 0 saturated heterocycles. The topological polar surface area (TPSA) is 53.3 Å². The van der Waals surface area contributed by atoms with Crippen LogP contribution in [0.3, 0.4) is 0 Å². The van der Waals surface area contributed by atoms with Crippen LogP contribution in [0, 0.1) is 17.2 Å². The van der Waals surface area contributed by atoms with Gasteiger partial charge in [-0.05, 0) is 12.1 Å². The predicted molar refractivity (Wildman–Crippen MR) is 77.7 cm³/mol. The molecule has 0 aliphatic rings. The molecule has 1 unspecified atom stereocenters. The van der Waals surface area contributed by atoms with Crippen LogP contribution in [-0.2, 0) is 16.1 Å². The van der Waals surface area contributed by atoms with E-state index in [-0.39, 0.29) is 11.9 Å². The molecule has 0 aromatic heterocycles. The molecule has 1 aromatic rings. The minimum atomic E-state index is -0.190. The fourth-order valence-corrected chi connectivity index (χ4v) is 1.92. The first kappa shape index (κ1) is 16.2. The van der Waals surface area contributed by atoms with E-state index in [1.165, 1.54) is 0 Å². The van der Waals surface area contributed by atoms with Crippen LogP contribution < -0.4 is 0 Å². The van der Waals surface area contributed by atoms with Crippen LogP contribution in [0.5, 0.6) is 0 Å². The second-order valence-electron chi connectivity index (χ2n) is 4.80. The number of rotatable bonds is 8. The second-order valence-corrected chi connectivity index (χ2v) is 4.80. The van der Waals surface area contributed by atoms with Crippen molar-refractivity contribution in [3.05, 3.63) is 35.9 Å². The Morgan fingerprint density at radius 1 is 1.40 bits per heavy atom. The van der Waals surface area contributed by atoms with Gasteiger partial charge in [0.1, 0.15) is 6.61 Å². The summed E-state index contributed by atoms with van der Waals surface area (Å²) in [4.78, 5) is 14.0. The normalized spacial score (nSPS) is 11.9. The van der Waals surface area contributed by atoms with Gasteiger partial charge in [-0.1, -0.05) is 44.2 Å². The molecule has 0 heterocycles. The highest BCUT2D eigenvalue weighted by molar-refractivity contribution is 5.72. The minimum Gasteiger partial charge on any atom is -0.461 e. The van der Waals surface area contributed by atoms with Gasteiger partial charge in [-0.3, -0.25) is 4.79 Å². The van der Waals surface area contributed by atoms with Gasteiger partial charge in [0.25, 0.3) is 0 Å². The summed E-state index contributed by atoms with van der Waals surface area (Å²) < 4.78 is 5.31. The van der Waals surface area contributed by atoms with Crippen LogP contribution in [0.1, 0.15) is 25.8 Å². The lowest BCUT2D eigenvalue weighted by atomic mass is 10.1. The molecule has 0 aliphatic carbocycles. The van der Waals surface area contributed by atoms with Crippen LogP contribution in [0.25, 0.3) is 0 Å². The minimum absolute atomic E-state index is 0.183. The number of ether oxygens (including phenoxy) is 1. The van der Waals surface area contributed by atoms with E-state index in [1.54, 1.807) is 0 Å². The number of nitriles is 1. The van der Waals surface area contributed by atoms with Gasteiger partial charge in [0, 0.05) is 19.5 Å². The SMILES string of the molecule is CCN(CCC#N)CC(C)C(=O)OCc1ccccc1. The van der Waals surface area contributed by atoms with Crippen molar-refractivity contribution >= 4 is 5.97 Å². The molecular weight excluding hydrogens is 252 g/mol. The molecule has 20 heavy (non-hydrogen) atoms. The lowest BCUT2D eigenvalue weighted by molar-refractivity contribution is -0.149. The van der Waals surface area contributed by atoms with E-state index < -0.39 is 0 Å². The van der Waals surface area contributed by atoms with E-state index in [0.29, 0.717) is 26.1 Å². The molecule has 108 valence electrons. The maximum atomic E-state index is 11.9. The Kier molecular flexibility index (Phi) is 7.38. The fourth-order valence-electron chi connectivity index (χ4n) is 1.92. The third-order valence-corrected chi connectivity index (χ3v) is 3.15. The smallest absolute Gasteiger partial charge is 0.310 e. The summed E-state index contributed by atoms with van der Waals surface area (Å²) in [6, 6.07) is 11.8. The summed E-state index contributed by atoms with van der Waals surface area (Å²) in [5.74, 6) is -0.374. The highest BCUT2D eigenvalue weighted by Crippen LogP contribution is 2.07. The third-order valence-electron chi connectivity index (χ3n) is 3.15. The first-order valence-corrected chi connectivity index (χ1v) is 6.97. The summed E-state index contributed by atoms with van der Waals surface area (Å²) in [6.45, 7) is 6.36. The average molecular weight is 274 g/mol. The molecule has 0 N–H and O–H groups in total. The molecule has 0 aliphatic heterocycles. The molecule has 0 bridgehead atoms. The van der Waals surface area contributed by atoms with Crippen LogP contribution in [-0.4, -0.2) is 30.5 Å². The average Bonchev–Trinajstić information content (AvgIpc) is 2.49. The van der Waals surface area contributed by atoms with Gasteiger partial charge in [0.05, 0.1) is 12.0 Å². The van der Waals surface area contributed by atoms with Gasteiger partial charge in [-0.2, -0.15) is 5.26 Å². The number of hydrogen-bond acceptors (Lipinski definition) is 4. The summed E-state index contributed by atoms with van der Waals surface area (Å²) in [5.41, 5.74) is 0.991. The van der Waals surface area contributed by atoms with E-state index in [1.807, 2.05) is 44.2 Å². The molecule has 1 atom stereocenters. The molecule has 1 aromatic carbocycles. The summed E-state index contributed by atoms with van der Waals surface area (Å²) in [6.07, 6.45) is 0.486. The number of carbonyl (C=O) groups excluding carboxylic acids is 1. The molecule has 0 amide bonds.